The van der Waals surface area contributed by atoms with Gasteiger partial charge in [0.25, 0.3) is 0 Å². The molecular formula is C9H16N2O5. The number of hydrogen-bond donors (Lipinski definition) is 4. The number of amides is 1. The first-order valence-electron chi connectivity index (χ1n) is 4.89. The second-order valence-corrected chi connectivity index (χ2v) is 3.35. The molecule has 7 heteroatoms. The highest BCUT2D eigenvalue weighted by Gasteiger charge is 2.22. The first kappa shape index (κ1) is 14.4. The van der Waals surface area contributed by atoms with E-state index in [0.717, 1.165) is 0 Å². The number of carbonyl (C=O) groups is 3. The van der Waals surface area contributed by atoms with E-state index in [4.69, 9.17) is 15.9 Å². The van der Waals surface area contributed by atoms with E-state index < -0.39 is 29.9 Å². The van der Waals surface area contributed by atoms with Crippen LogP contribution in [0.1, 0.15) is 26.2 Å². The second-order valence-electron chi connectivity index (χ2n) is 3.35. The zero-order valence-electron chi connectivity index (χ0n) is 8.97. The van der Waals surface area contributed by atoms with Crippen LogP contribution in [0.25, 0.3) is 0 Å². The molecule has 0 radical (unpaired) electrons. The van der Waals surface area contributed by atoms with Crippen LogP contribution in [-0.2, 0) is 14.4 Å². The Hall–Kier alpha value is -1.63. The van der Waals surface area contributed by atoms with Crippen molar-refractivity contribution in [3.63, 3.8) is 0 Å². The molecule has 0 spiro atoms. The van der Waals surface area contributed by atoms with E-state index in [9.17, 15) is 14.4 Å². The van der Waals surface area contributed by atoms with E-state index in [1.807, 2.05) is 0 Å². The first-order valence-corrected chi connectivity index (χ1v) is 4.89. The number of carboxylic acid groups (broad SMARTS) is 2. The molecule has 92 valence electrons. The highest BCUT2D eigenvalue weighted by Crippen LogP contribution is 1.99. The molecule has 0 aliphatic carbocycles. The van der Waals surface area contributed by atoms with Crippen LogP contribution >= 0.6 is 0 Å². The minimum absolute atomic E-state index is 0.160. The topological polar surface area (TPSA) is 130 Å². The molecule has 0 aliphatic heterocycles. The van der Waals surface area contributed by atoms with E-state index in [-0.39, 0.29) is 12.8 Å². The van der Waals surface area contributed by atoms with Crippen molar-refractivity contribution in [1.29, 1.82) is 0 Å². The summed E-state index contributed by atoms with van der Waals surface area (Å²) in [5, 5.41) is 19.3. The molecule has 0 fully saturated rings. The number of rotatable bonds is 7. The van der Waals surface area contributed by atoms with Gasteiger partial charge in [-0.15, -0.1) is 0 Å². The number of nitrogens with one attached hydrogen (secondary N) is 1. The van der Waals surface area contributed by atoms with Crippen molar-refractivity contribution in [2.45, 2.75) is 38.3 Å². The molecule has 1 amide bonds. The minimum atomic E-state index is -1.27. The lowest BCUT2D eigenvalue weighted by atomic mass is 10.1. The van der Waals surface area contributed by atoms with Gasteiger partial charge in [0.2, 0.25) is 5.91 Å². The SMILES string of the molecule is CC[C@H](N)C(=O)NC(CCC(=O)O)C(=O)O. The summed E-state index contributed by atoms with van der Waals surface area (Å²) in [7, 11) is 0. The van der Waals surface area contributed by atoms with Crippen molar-refractivity contribution in [2.75, 3.05) is 0 Å². The predicted molar refractivity (Wildman–Crippen MR) is 54.7 cm³/mol. The lowest BCUT2D eigenvalue weighted by molar-refractivity contribution is -0.143. The summed E-state index contributed by atoms with van der Waals surface area (Å²) in [4.78, 5) is 32.3. The Kier molecular flexibility index (Phi) is 6.09. The highest BCUT2D eigenvalue weighted by molar-refractivity contribution is 5.86. The molecule has 16 heavy (non-hydrogen) atoms. The van der Waals surface area contributed by atoms with Crippen LogP contribution in [0.5, 0.6) is 0 Å². The van der Waals surface area contributed by atoms with E-state index in [1.54, 1.807) is 6.92 Å². The van der Waals surface area contributed by atoms with Gasteiger partial charge in [0, 0.05) is 6.42 Å². The molecule has 2 atom stereocenters. The maximum Gasteiger partial charge on any atom is 0.326 e. The molecule has 0 heterocycles. The van der Waals surface area contributed by atoms with Crippen molar-refractivity contribution < 1.29 is 24.6 Å². The van der Waals surface area contributed by atoms with Gasteiger partial charge in [0.05, 0.1) is 6.04 Å². The Balaban J connectivity index is 4.28. The fourth-order valence-corrected chi connectivity index (χ4v) is 0.989. The van der Waals surface area contributed by atoms with Crippen molar-refractivity contribution in [3.8, 4) is 0 Å². The molecular weight excluding hydrogens is 216 g/mol. The summed E-state index contributed by atoms with van der Waals surface area (Å²) >= 11 is 0. The third kappa shape index (κ3) is 5.30. The molecule has 7 nitrogen and oxygen atoms in total. The third-order valence-electron chi connectivity index (χ3n) is 2.04. The van der Waals surface area contributed by atoms with Gasteiger partial charge >= 0.3 is 11.9 Å². The number of carbonyl (C=O) groups excluding carboxylic acids is 1. The van der Waals surface area contributed by atoms with Gasteiger partial charge in [0.1, 0.15) is 6.04 Å². The fraction of sp³-hybridized carbons (Fsp3) is 0.667. The second kappa shape index (κ2) is 6.78. The normalized spacial score (nSPS) is 13.9. The standard InChI is InChI=1S/C9H16N2O5/c1-2-5(10)8(14)11-6(9(15)16)3-4-7(12)13/h5-6H,2-4,10H2,1H3,(H,11,14)(H,12,13)(H,15,16)/t5-,6?/m0/s1. The number of nitrogens with two attached hydrogens (primary N) is 1. The van der Waals surface area contributed by atoms with Crippen LogP contribution in [0, 0.1) is 0 Å². The molecule has 1 unspecified atom stereocenters. The molecule has 0 saturated heterocycles. The summed E-state index contributed by atoms with van der Waals surface area (Å²) < 4.78 is 0. The summed E-state index contributed by atoms with van der Waals surface area (Å²) in [6, 6.07) is -1.98. The van der Waals surface area contributed by atoms with Crippen LogP contribution in [0.15, 0.2) is 0 Å². The van der Waals surface area contributed by atoms with Gasteiger partial charge in [-0.2, -0.15) is 0 Å². The Morgan fingerprint density at radius 3 is 2.25 bits per heavy atom. The largest absolute Gasteiger partial charge is 0.481 e. The molecule has 5 N–H and O–H groups in total. The van der Waals surface area contributed by atoms with Crippen molar-refractivity contribution in [1.82, 2.24) is 5.32 Å². The summed E-state index contributed by atoms with van der Waals surface area (Å²) in [5.74, 6) is -2.96. The third-order valence-corrected chi connectivity index (χ3v) is 2.04. The van der Waals surface area contributed by atoms with Gasteiger partial charge in [-0.1, -0.05) is 6.92 Å². The lowest BCUT2D eigenvalue weighted by Gasteiger charge is -2.16. The molecule has 0 saturated carbocycles. The van der Waals surface area contributed by atoms with Crippen molar-refractivity contribution >= 4 is 17.8 Å². The van der Waals surface area contributed by atoms with Gasteiger partial charge in [0.15, 0.2) is 0 Å². The minimum Gasteiger partial charge on any atom is -0.481 e. The zero-order valence-corrected chi connectivity index (χ0v) is 8.97. The van der Waals surface area contributed by atoms with E-state index in [0.29, 0.717) is 6.42 Å². The van der Waals surface area contributed by atoms with E-state index >= 15 is 0 Å². The summed E-state index contributed by atoms with van der Waals surface area (Å²) in [5.41, 5.74) is 5.40. The molecule has 0 aliphatic rings. The fourth-order valence-electron chi connectivity index (χ4n) is 0.989. The quantitative estimate of drug-likeness (QED) is 0.452. The van der Waals surface area contributed by atoms with E-state index in [1.165, 1.54) is 0 Å². The number of carboxylic acids is 2. The Labute approximate surface area is 92.6 Å². The maximum absolute atomic E-state index is 11.3. The molecule has 0 bridgehead atoms. The average molecular weight is 232 g/mol. The molecule has 0 aromatic carbocycles. The van der Waals surface area contributed by atoms with Crippen molar-refractivity contribution in [3.05, 3.63) is 0 Å². The molecule has 0 aromatic heterocycles. The van der Waals surface area contributed by atoms with Gasteiger partial charge < -0.3 is 21.3 Å². The Bertz CT molecular complexity index is 279. The van der Waals surface area contributed by atoms with Crippen LogP contribution in [0.2, 0.25) is 0 Å². The zero-order chi connectivity index (χ0) is 12.7. The van der Waals surface area contributed by atoms with Crippen LogP contribution in [0.3, 0.4) is 0 Å². The summed E-state index contributed by atoms with van der Waals surface area (Å²) in [6.07, 6.45) is -0.0947. The Morgan fingerprint density at radius 2 is 1.88 bits per heavy atom. The molecule has 0 rings (SSSR count). The van der Waals surface area contributed by atoms with Gasteiger partial charge in [-0.05, 0) is 12.8 Å². The lowest BCUT2D eigenvalue weighted by Crippen LogP contribution is -2.48. The van der Waals surface area contributed by atoms with E-state index in [2.05, 4.69) is 5.32 Å². The predicted octanol–water partition coefficient (Wildman–Crippen LogP) is -0.842. The van der Waals surface area contributed by atoms with Crippen LogP contribution in [-0.4, -0.2) is 40.1 Å². The van der Waals surface area contributed by atoms with Crippen LogP contribution < -0.4 is 11.1 Å². The average Bonchev–Trinajstić information content (AvgIpc) is 2.21. The molecule has 0 aromatic rings. The summed E-state index contributed by atoms with van der Waals surface area (Å²) in [6.45, 7) is 1.69. The van der Waals surface area contributed by atoms with Gasteiger partial charge in [-0.3, -0.25) is 9.59 Å². The van der Waals surface area contributed by atoms with Gasteiger partial charge in [-0.25, -0.2) is 4.79 Å². The van der Waals surface area contributed by atoms with Crippen molar-refractivity contribution in [2.24, 2.45) is 5.73 Å². The monoisotopic (exact) mass is 232 g/mol. The maximum atomic E-state index is 11.3. The number of hydrogen-bond acceptors (Lipinski definition) is 4. The van der Waals surface area contributed by atoms with Crippen LogP contribution in [0.4, 0.5) is 0 Å². The first-order chi connectivity index (χ1) is 7.38. The smallest absolute Gasteiger partial charge is 0.326 e. The number of aliphatic carboxylic acids is 2. The Morgan fingerprint density at radius 1 is 1.31 bits per heavy atom. The highest BCUT2D eigenvalue weighted by atomic mass is 16.4.